The molecule has 2 rings (SSSR count). The molecule has 0 amide bonds. The zero-order chi connectivity index (χ0) is 11.8. The highest BCUT2D eigenvalue weighted by atomic mass is 16.5. The molecule has 16 heavy (non-hydrogen) atoms. The van der Waals surface area contributed by atoms with Gasteiger partial charge in [0.2, 0.25) is 0 Å². The lowest BCUT2D eigenvalue weighted by Crippen LogP contribution is -2.55. The Bertz CT molecular complexity index is 234. The second-order valence-electron chi connectivity index (χ2n) is 5.68. The summed E-state index contributed by atoms with van der Waals surface area (Å²) in [5.74, 6) is 0.657. The molecule has 0 aliphatic carbocycles. The quantitative estimate of drug-likeness (QED) is 0.722. The highest BCUT2D eigenvalue weighted by Gasteiger charge is 2.50. The van der Waals surface area contributed by atoms with E-state index in [4.69, 9.17) is 9.47 Å². The average molecular weight is 227 g/mol. The van der Waals surface area contributed by atoms with E-state index in [1.54, 1.807) is 0 Å². The van der Waals surface area contributed by atoms with Gasteiger partial charge in [0.1, 0.15) is 5.72 Å². The van der Waals surface area contributed by atoms with Gasteiger partial charge in [0.05, 0.1) is 19.8 Å². The second-order valence-corrected chi connectivity index (χ2v) is 5.68. The molecule has 1 atom stereocenters. The van der Waals surface area contributed by atoms with Crippen molar-refractivity contribution < 1.29 is 9.47 Å². The highest BCUT2D eigenvalue weighted by Crippen LogP contribution is 2.39. The van der Waals surface area contributed by atoms with Crippen molar-refractivity contribution in [3.05, 3.63) is 0 Å². The summed E-state index contributed by atoms with van der Waals surface area (Å²) in [6.07, 6.45) is 2.04. The Hall–Kier alpha value is -0.120. The van der Waals surface area contributed by atoms with Gasteiger partial charge in [0.25, 0.3) is 0 Å². The summed E-state index contributed by atoms with van der Waals surface area (Å²) in [7, 11) is 0. The van der Waals surface area contributed by atoms with Crippen LogP contribution in [0.2, 0.25) is 0 Å². The largest absolute Gasteiger partial charge is 0.381 e. The Labute approximate surface area is 99.1 Å². The van der Waals surface area contributed by atoms with Crippen LogP contribution in [0.4, 0.5) is 0 Å². The topological polar surface area (TPSA) is 21.7 Å². The summed E-state index contributed by atoms with van der Waals surface area (Å²) in [6, 6.07) is 1.12. The molecule has 0 saturated carbocycles. The standard InChI is InChI=1S/C13H25NO2/c1-10(2)12-9-16-13(14(12)11(3)4)5-7-15-8-6-13/h10-12H,5-9H2,1-4H3/t12-/m0/s1. The first-order valence-electron chi connectivity index (χ1n) is 6.57. The fraction of sp³-hybridized carbons (Fsp3) is 1.00. The van der Waals surface area contributed by atoms with Crippen molar-refractivity contribution in [2.24, 2.45) is 5.92 Å². The summed E-state index contributed by atoms with van der Waals surface area (Å²) >= 11 is 0. The predicted octanol–water partition coefficient (Wildman–Crippen LogP) is 2.26. The Morgan fingerprint density at radius 1 is 1.12 bits per heavy atom. The normalized spacial score (nSPS) is 30.8. The minimum absolute atomic E-state index is 0.0264. The Morgan fingerprint density at radius 3 is 2.25 bits per heavy atom. The van der Waals surface area contributed by atoms with Crippen LogP contribution < -0.4 is 0 Å². The van der Waals surface area contributed by atoms with E-state index in [1.165, 1.54) is 0 Å². The molecule has 3 heteroatoms. The molecule has 3 nitrogen and oxygen atoms in total. The first-order valence-corrected chi connectivity index (χ1v) is 6.57. The maximum atomic E-state index is 6.18. The maximum Gasteiger partial charge on any atom is 0.126 e. The van der Waals surface area contributed by atoms with Crippen molar-refractivity contribution in [2.75, 3.05) is 19.8 Å². The van der Waals surface area contributed by atoms with E-state index in [0.717, 1.165) is 32.7 Å². The molecule has 0 unspecified atom stereocenters. The van der Waals surface area contributed by atoms with Gasteiger partial charge in [-0.3, -0.25) is 4.90 Å². The van der Waals surface area contributed by atoms with Crippen LogP contribution in [0.15, 0.2) is 0 Å². The maximum absolute atomic E-state index is 6.18. The van der Waals surface area contributed by atoms with E-state index in [9.17, 15) is 0 Å². The molecule has 2 aliphatic heterocycles. The molecule has 0 aromatic heterocycles. The lowest BCUT2D eigenvalue weighted by molar-refractivity contribution is -0.155. The number of nitrogens with zero attached hydrogens (tertiary/aromatic N) is 1. The molecule has 0 aromatic carbocycles. The third-order valence-corrected chi connectivity index (χ3v) is 3.95. The first kappa shape index (κ1) is 12.3. The van der Waals surface area contributed by atoms with E-state index in [-0.39, 0.29) is 5.72 Å². The smallest absolute Gasteiger partial charge is 0.126 e. The molecule has 2 saturated heterocycles. The van der Waals surface area contributed by atoms with Crippen LogP contribution in [-0.4, -0.2) is 42.5 Å². The SMILES string of the molecule is CC(C)[C@@H]1COC2(CCOCC2)N1C(C)C. The first-order chi connectivity index (χ1) is 7.57. The summed E-state index contributed by atoms with van der Waals surface area (Å²) in [5.41, 5.74) is -0.0264. The summed E-state index contributed by atoms with van der Waals surface area (Å²) < 4.78 is 11.6. The molecular weight excluding hydrogens is 202 g/mol. The molecule has 0 aromatic rings. The minimum Gasteiger partial charge on any atom is -0.381 e. The minimum atomic E-state index is -0.0264. The predicted molar refractivity (Wildman–Crippen MR) is 64.3 cm³/mol. The average Bonchev–Trinajstić information content (AvgIpc) is 2.58. The Kier molecular flexibility index (Phi) is 3.57. The lowest BCUT2D eigenvalue weighted by Gasteiger charge is -2.44. The van der Waals surface area contributed by atoms with Gasteiger partial charge in [-0.2, -0.15) is 0 Å². The Balaban J connectivity index is 2.19. The van der Waals surface area contributed by atoms with Crippen molar-refractivity contribution in [2.45, 2.75) is 58.3 Å². The van der Waals surface area contributed by atoms with Crippen LogP contribution in [0.3, 0.4) is 0 Å². The monoisotopic (exact) mass is 227 g/mol. The number of ether oxygens (including phenoxy) is 2. The third kappa shape index (κ3) is 2.01. The molecule has 0 bridgehead atoms. The van der Waals surface area contributed by atoms with E-state index >= 15 is 0 Å². The van der Waals surface area contributed by atoms with E-state index in [1.807, 2.05) is 0 Å². The summed E-state index contributed by atoms with van der Waals surface area (Å²) in [4.78, 5) is 2.60. The van der Waals surface area contributed by atoms with Gasteiger partial charge in [-0.15, -0.1) is 0 Å². The molecule has 2 heterocycles. The second kappa shape index (κ2) is 4.63. The fourth-order valence-corrected chi connectivity index (χ4v) is 3.16. The zero-order valence-corrected chi connectivity index (χ0v) is 11.0. The fourth-order valence-electron chi connectivity index (χ4n) is 3.16. The van der Waals surface area contributed by atoms with E-state index < -0.39 is 0 Å². The van der Waals surface area contributed by atoms with Gasteiger partial charge in [-0.05, 0) is 19.8 Å². The molecule has 0 N–H and O–H groups in total. The van der Waals surface area contributed by atoms with Crippen LogP contribution in [0.5, 0.6) is 0 Å². The summed E-state index contributed by atoms with van der Waals surface area (Å²) in [6.45, 7) is 11.7. The van der Waals surface area contributed by atoms with Gasteiger partial charge >= 0.3 is 0 Å². The lowest BCUT2D eigenvalue weighted by atomic mass is 9.96. The number of hydrogen-bond donors (Lipinski definition) is 0. The van der Waals surface area contributed by atoms with Crippen LogP contribution in [0.1, 0.15) is 40.5 Å². The highest BCUT2D eigenvalue weighted by molar-refractivity contribution is 4.96. The van der Waals surface area contributed by atoms with Crippen molar-refractivity contribution in [1.82, 2.24) is 4.90 Å². The number of hydrogen-bond acceptors (Lipinski definition) is 3. The Morgan fingerprint density at radius 2 is 1.75 bits per heavy atom. The van der Waals surface area contributed by atoms with Crippen LogP contribution in [0, 0.1) is 5.92 Å². The molecule has 94 valence electrons. The molecule has 0 radical (unpaired) electrons. The van der Waals surface area contributed by atoms with Crippen LogP contribution in [0.25, 0.3) is 0 Å². The van der Waals surface area contributed by atoms with E-state index in [2.05, 4.69) is 32.6 Å². The van der Waals surface area contributed by atoms with Gasteiger partial charge in [0, 0.05) is 24.9 Å². The number of rotatable bonds is 2. The van der Waals surface area contributed by atoms with Gasteiger partial charge < -0.3 is 9.47 Å². The van der Waals surface area contributed by atoms with Crippen molar-refractivity contribution in [3.63, 3.8) is 0 Å². The van der Waals surface area contributed by atoms with Crippen molar-refractivity contribution >= 4 is 0 Å². The van der Waals surface area contributed by atoms with Gasteiger partial charge in [-0.1, -0.05) is 13.8 Å². The van der Waals surface area contributed by atoms with Gasteiger partial charge in [-0.25, -0.2) is 0 Å². The molecular formula is C13H25NO2. The molecule has 2 fully saturated rings. The zero-order valence-electron chi connectivity index (χ0n) is 11.0. The molecule has 1 spiro atoms. The van der Waals surface area contributed by atoms with E-state index in [0.29, 0.717) is 18.0 Å². The summed E-state index contributed by atoms with van der Waals surface area (Å²) in [5, 5.41) is 0. The van der Waals surface area contributed by atoms with Crippen LogP contribution in [-0.2, 0) is 9.47 Å². The van der Waals surface area contributed by atoms with Crippen molar-refractivity contribution in [1.29, 1.82) is 0 Å². The molecule has 2 aliphatic rings. The third-order valence-electron chi connectivity index (χ3n) is 3.95. The van der Waals surface area contributed by atoms with Gasteiger partial charge in [0.15, 0.2) is 0 Å². The van der Waals surface area contributed by atoms with Crippen molar-refractivity contribution in [3.8, 4) is 0 Å². The van der Waals surface area contributed by atoms with Crippen LogP contribution >= 0.6 is 0 Å².